The van der Waals surface area contributed by atoms with Crippen LogP contribution in [-0.2, 0) is 65.5 Å². The van der Waals surface area contributed by atoms with Crippen LogP contribution in [0.1, 0.15) is 73.8 Å². The van der Waals surface area contributed by atoms with E-state index >= 15 is 0 Å². The number of aryl methyl sites for hydroxylation is 1. The molecule has 0 saturated carbocycles. The summed E-state index contributed by atoms with van der Waals surface area (Å²) in [6.45, 7) is 5.84. The van der Waals surface area contributed by atoms with Gasteiger partial charge in [0.2, 0.25) is 12.3 Å². The fourth-order valence-electron chi connectivity index (χ4n) is 7.60. The maximum atomic E-state index is 14.6. The summed E-state index contributed by atoms with van der Waals surface area (Å²) < 4.78 is 116. The number of nitrogens with zero attached hydrogens (tertiary/aromatic N) is 4. The Balaban J connectivity index is 1.78. The highest BCUT2D eigenvalue weighted by molar-refractivity contribution is 7.86. The molecule has 0 aliphatic carbocycles. The molecule has 3 unspecified atom stereocenters. The second-order valence-electron chi connectivity index (χ2n) is 16.7. The molecule has 5 aromatic rings. The lowest BCUT2D eigenvalue weighted by Crippen LogP contribution is -2.37. The van der Waals surface area contributed by atoms with Crippen LogP contribution in [0, 0.1) is 30.4 Å². The zero-order valence-electron chi connectivity index (χ0n) is 37.2. The van der Waals surface area contributed by atoms with Crippen LogP contribution in [0.3, 0.4) is 0 Å². The van der Waals surface area contributed by atoms with Gasteiger partial charge in [-0.3, -0.25) is 33.1 Å². The molecule has 364 valence electrons. The van der Waals surface area contributed by atoms with Gasteiger partial charge in [0.15, 0.2) is 5.82 Å². The molecule has 0 saturated heterocycles. The van der Waals surface area contributed by atoms with E-state index in [-0.39, 0.29) is 73.5 Å². The summed E-state index contributed by atoms with van der Waals surface area (Å²) in [7, 11) is -9.14. The molecule has 3 atom stereocenters. The zero-order valence-corrected chi connectivity index (χ0v) is 40.5. The fraction of sp³-hybridized carbons (Fsp3) is 0.341. The van der Waals surface area contributed by atoms with Crippen molar-refractivity contribution in [2.45, 2.75) is 82.8 Å². The highest BCUT2D eigenvalue weighted by Crippen LogP contribution is 2.47. The van der Waals surface area contributed by atoms with Gasteiger partial charge in [0, 0.05) is 57.9 Å². The number of rotatable bonds is 17. The van der Waals surface area contributed by atoms with Gasteiger partial charge in [0.05, 0.1) is 34.1 Å². The number of carboxylic acid groups (broad SMARTS) is 1. The van der Waals surface area contributed by atoms with Gasteiger partial charge in [-0.05, 0) is 86.2 Å². The van der Waals surface area contributed by atoms with E-state index < -0.39 is 106 Å². The molecule has 4 N–H and O–H groups in total. The van der Waals surface area contributed by atoms with E-state index in [2.05, 4.69) is 27.2 Å². The number of amides is 2. The van der Waals surface area contributed by atoms with Crippen molar-refractivity contribution in [2.24, 2.45) is 0 Å². The molecule has 0 aliphatic rings. The van der Waals surface area contributed by atoms with Gasteiger partial charge >= 0.3 is 20.0 Å². The van der Waals surface area contributed by atoms with Crippen LogP contribution < -0.4 is 14.1 Å². The smallest absolute Gasteiger partial charge is 0.481 e. The SMILES string of the molecule is Cc1cc(CC(=O)O)cc(OP(=O)(O)O)c1C(C)(C)CC(=O)N(c1nn(CC(F)(F)F)c2c(-c3ccc(C#CC(C)(C)S(C)=O)nc3C(Cc3cc(F)cc(F)c3)NC=O)ccc(Cl)c12)S(C)=O. The second kappa shape index (κ2) is 20.6. The summed E-state index contributed by atoms with van der Waals surface area (Å²) in [5.41, 5.74) is -1.48. The molecule has 3 aromatic carbocycles. The highest BCUT2D eigenvalue weighted by Gasteiger charge is 2.38. The van der Waals surface area contributed by atoms with Crippen LogP contribution in [0.2, 0.25) is 5.02 Å². The number of carboxylic acids is 1. The number of phosphoric ester groups is 1. The molecule has 68 heavy (non-hydrogen) atoms. The van der Waals surface area contributed by atoms with Gasteiger partial charge in [0.1, 0.15) is 45.4 Å². The third-order valence-electron chi connectivity index (χ3n) is 10.4. The van der Waals surface area contributed by atoms with E-state index in [1.165, 1.54) is 57.4 Å². The fourth-order valence-corrected chi connectivity index (χ4v) is 9.16. The Morgan fingerprint density at radius 2 is 1.63 bits per heavy atom. The number of halogens is 6. The monoisotopic (exact) mass is 1030 g/mol. The van der Waals surface area contributed by atoms with Crippen molar-refractivity contribution in [3.63, 3.8) is 0 Å². The lowest BCUT2D eigenvalue weighted by molar-refractivity contribution is -0.142. The number of benzene rings is 3. The van der Waals surface area contributed by atoms with E-state index in [0.29, 0.717) is 15.1 Å². The number of aromatic nitrogens is 3. The molecule has 0 fully saturated rings. The van der Waals surface area contributed by atoms with Crippen molar-refractivity contribution >= 4 is 76.2 Å². The van der Waals surface area contributed by atoms with Crippen LogP contribution in [-0.4, -0.2) is 79.8 Å². The Bertz CT molecular complexity index is 2970. The Labute approximate surface area is 396 Å². The van der Waals surface area contributed by atoms with Crippen molar-refractivity contribution in [3.8, 4) is 28.7 Å². The van der Waals surface area contributed by atoms with Crippen molar-refractivity contribution in [3.05, 3.63) is 105 Å². The third-order valence-corrected chi connectivity index (χ3v) is 13.6. The highest BCUT2D eigenvalue weighted by atomic mass is 35.5. The molecule has 15 nitrogen and oxygen atoms in total. The van der Waals surface area contributed by atoms with Gasteiger partial charge in [-0.15, -0.1) is 0 Å². The number of nitrogens with one attached hydrogen (secondary N) is 1. The molecule has 5 rings (SSSR count). The average Bonchev–Trinajstić information content (AvgIpc) is 3.52. The van der Waals surface area contributed by atoms with Crippen molar-refractivity contribution < 1.29 is 68.7 Å². The first-order valence-electron chi connectivity index (χ1n) is 20.0. The minimum atomic E-state index is -5.29. The molecular formula is C44H44ClF5N5O10PS2. The first-order chi connectivity index (χ1) is 31.4. The number of anilines is 1. The average molecular weight is 1030 g/mol. The third kappa shape index (κ3) is 12.9. The molecular weight excluding hydrogens is 984 g/mol. The standard InChI is InChI=1S/C44H44ClF5N5O10PS2/c1-24-14-25(19-36(58)59)18-34(65-66(60,61)62)38(24)42(2,3)21-35(57)55(68(7)64)41-37-32(45)11-10-31(40(37)54(53-41)22-44(48,49)50)30-9-8-29(12-13-43(4,5)67(6)63)52-39(30)33(51-23-56)17-26-15-27(46)20-28(47)16-26/h8-11,14-16,18,20,23,33H,17,19,21-22H2,1-7H3,(H,51,56)(H,58,59)(H2,60,61,62). The Morgan fingerprint density at radius 1 is 1.00 bits per heavy atom. The lowest BCUT2D eigenvalue weighted by atomic mass is 9.78. The first kappa shape index (κ1) is 53.4. The van der Waals surface area contributed by atoms with Gasteiger partial charge in [-0.1, -0.05) is 43.5 Å². The number of alkyl halides is 3. The van der Waals surface area contributed by atoms with E-state index in [0.717, 1.165) is 24.5 Å². The maximum absolute atomic E-state index is 14.6. The van der Waals surface area contributed by atoms with Crippen molar-refractivity contribution in [1.82, 2.24) is 20.1 Å². The summed E-state index contributed by atoms with van der Waals surface area (Å²) >= 11 is 6.77. The largest absolute Gasteiger partial charge is 0.524 e. The minimum Gasteiger partial charge on any atom is -0.481 e. The van der Waals surface area contributed by atoms with Gasteiger partial charge in [0.25, 0.3) is 0 Å². The first-order valence-corrected chi connectivity index (χ1v) is 25.0. The van der Waals surface area contributed by atoms with Crippen molar-refractivity contribution in [2.75, 3.05) is 16.8 Å². The summed E-state index contributed by atoms with van der Waals surface area (Å²) in [4.78, 5) is 62.4. The van der Waals surface area contributed by atoms with E-state index in [1.54, 1.807) is 13.8 Å². The lowest BCUT2D eigenvalue weighted by Gasteiger charge is -2.31. The normalized spacial score (nSPS) is 13.6. The van der Waals surface area contributed by atoms with Crippen molar-refractivity contribution in [1.29, 1.82) is 0 Å². The van der Waals surface area contributed by atoms with Crippen LogP contribution in [0.5, 0.6) is 5.75 Å². The molecule has 0 bridgehead atoms. The molecule has 2 amide bonds. The Morgan fingerprint density at radius 3 is 2.19 bits per heavy atom. The zero-order chi connectivity index (χ0) is 50.8. The molecule has 2 heterocycles. The van der Waals surface area contributed by atoms with E-state index in [1.807, 2.05) is 0 Å². The van der Waals surface area contributed by atoms with E-state index in [9.17, 15) is 64.2 Å². The topological polar surface area (TPSA) is 218 Å². The number of phosphoric acid groups is 1. The number of pyridine rings is 1. The van der Waals surface area contributed by atoms with Crippen LogP contribution in [0.25, 0.3) is 22.0 Å². The van der Waals surface area contributed by atoms with E-state index in [4.69, 9.17) is 16.1 Å². The summed E-state index contributed by atoms with van der Waals surface area (Å²) in [5.74, 6) is 0.476. The van der Waals surface area contributed by atoms with Gasteiger partial charge in [-0.2, -0.15) is 18.3 Å². The van der Waals surface area contributed by atoms with Crippen LogP contribution in [0.4, 0.5) is 27.8 Å². The minimum absolute atomic E-state index is 0.0256. The van der Waals surface area contributed by atoms with Gasteiger partial charge < -0.3 is 14.9 Å². The number of hydrogen-bond acceptors (Lipinski definition) is 9. The number of carbonyl (C=O) groups excluding carboxylic acids is 2. The van der Waals surface area contributed by atoms with Crippen LogP contribution in [0.15, 0.2) is 54.6 Å². The van der Waals surface area contributed by atoms with Crippen LogP contribution >= 0.6 is 19.4 Å². The molecule has 0 aliphatic heterocycles. The number of aliphatic carboxylic acids is 1. The predicted octanol–water partition coefficient (Wildman–Crippen LogP) is 7.53. The second-order valence-corrected chi connectivity index (χ2v) is 21.4. The molecule has 24 heteroatoms. The Kier molecular flexibility index (Phi) is 16.2. The quantitative estimate of drug-likeness (QED) is 0.0308. The predicted molar refractivity (Wildman–Crippen MR) is 245 cm³/mol. The summed E-state index contributed by atoms with van der Waals surface area (Å²) in [6, 6.07) is 9.29. The number of carbonyl (C=O) groups is 3. The summed E-state index contributed by atoms with van der Waals surface area (Å²) in [6.07, 6.45) is -3.74. The molecule has 2 aromatic heterocycles. The molecule has 0 spiro atoms. The number of hydrogen-bond donors (Lipinski definition) is 4. The van der Waals surface area contributed by atoms with Gasteiger partial charge in [-0.25, -0.2) is 26.8 Å². The molecule has 0 radical (unpaired) electrons. The maximum Gasteiger partial charge on any atom is 0.524 e. The number of fused-ring (bicyclic) bond motifs is 1. The summed E-state index contributed by atoms with van der Waals surface area (Å²) in [5, 5.41) is 15.6. The Hall–Kier alpha value is -5.56.